The van der Waals surface area contributed by atoms with E-state index in [0.29, 0.717) is 0 Å². The third-order valence-electron chi connectivity index (χ3n) is 2.18. The van der Waals surface area contributed by atoms with Crippen molar-refractivity contribution >= 4 is 17.1 Å². The van der Waals surface area contributed by atoms with E-state index in [2.05, 4.69) is 5.43 Å². The molecule has 1 rings (SSSR count). The van der Waals surface area contributed by atoms with E-state index in [4.69, 9.17) is 5.84 Å². The molecule has 8 heteroatoms. The number of rotatable bonds is 5. The number of alkyl halides is 2. The van der Waals surface area contributed by atoms with Gasteiger partial charge >= 0.3 is 5.69 Å². The van der Waals surface area contributed by atoms with Gasteiger partial charge in [0.15, 0.2) is 0 Å². The summed E-state index contributed by atoms with van der Waals surface area (Å²) in [7, 11) is 1.36. The fourth-order valence-corrected chi connectivity index (χ4v) is 1.45. The van der Waals surface area contributed by atoms with Gasteiger partial charge in [0, 0.05) is 7.05 Å². The van der Waals surface area contributed by atoms with Crippen LogP contribution in [0.3, 0.4) is 0 Å². The van der Waals surface area contributed by atoms with Crippen LogP contribution in [0.1, 0.15) is 0 Å². The van der Waals surface area contributed by atoms with Gasteiger partial charge in [-0.1, -0.05) is 6.07 Å². The number of hydrogen-bond acceptors (Lipinski definition) is 5. The van der Waals surface area contributed by atoms with Crippen LogP contribution < -0.4 is 16.2 Å². The molecule has 0 radical (unpaired) electrons. The Morgan fingerprint density at radius 3 is 2.71 bits per heavy atom. The van der Waals surface area contributed by atoms with Gasteiger partial charge in [0.2, 0.25) is 0 Å². The van der Waals surface area contributed by atoms with Crippen LogP contribution in [0.2, 0.25) is 0 Å². The maximum atomic E-state index is 12.2. The lowest BCUT2D eigenvalue weighted by Crippen LogP contribution is -2.25. The molecule has 1 aromatic carbocycles. The van der Waals surface area contributed by atoms with Gasteiger partial charge in [-0.25, -0.2) is 8.78 Å². The number of benzene rings is 1. The van der Waals surface area contributed by atoms with Crippen LogP contribution in [0.4, 0.5) is 25.8 Å². The molecule has 1 aromatic rings. The van der Waals surface area contributed by atoms with Gasteiger partial charge in [0.25, 0.3) is 6.43 Å². The minimum Gasteiger partial charge on any atom is -0.363 e. The first-order chi connectivity index (χ1) is 7.97. The number of hydrazine groups is 1. The molecule has 0 saturated heterocycles. The molecule has 17 heavy (non-hydrogen) atoms. The Hall–Kier alpha value is -1.96. The zero-order valence-electron chi connectivity index (χ0n) is 9.06. The highest BCUT2D eigenvalue weighted by Crippen LogP contribution is 2.34. The Balaban J connectivity index is 3.18. The van der Waals surface area contributed by atoms with Crippen molar-refractivity contribution in [2.75, 3.05) is 23.9 Å². The fraction of sp³-hybridized carbons (Fsp3) is 0.333. The zero-order valence-corrected chi connectivity index (χ0v) is 9.06. The first-order valence-electron chi connectivity index (χ1n) is 4.70. The Morgan fingerprint density at radius 1 is 1.59 bits per heavy atom. The SMILES string of the molecule is CN(CC(F)F)c1cccc(NN)c1[N+](=O)[O-]. The lowest BCUT2D eigenvalue weighted by atomic mass is 10.2. The molecule has 0 amide bonds. The summed E-state index contributed by atoms with van der Waals surface area (Å²) in [6.07, 6.45) is -2.57. The number of nitro groups is 1. The highest BCUT2D eigenvalue weighted by molar-refractivity contribution is 5.76. The van der Waals surface area contributed by atoms with Crippen molar-refractivity contribution in [3.05, 3.63) is 28.3 Å². The second-order valence-electron chi connectivity index (χ2n) is 3.35. The van der Waals surface area contributed by atoms with Gasteiger partial charge in [-0.3, -0.25) is 16.0 Å². The fourth-order valence-electron chi connectivity index (χ4n) is 1.45. The molecule has 0 fully saturated rings. The summed E-state index contributed by atoms with van der Waals surface area (Å²) in [4.78, 5) is 11.3. The number of hydrogen-bond donors (Lipinski definition) is 2. The summed E-state index contributed by atoms with van der Waals surface area (Å²) in [6, 6.07) is 4.29. The lowest BCUT2D eigenvalue weighted by molar-refractivity contribution is -0.383. The summed E-state index contributed by atoms with van der Waals surface area (Å²) in [6.45, 7) is -0.588. The monoisotopic (exact) mass is 246 g/mol. The highest BCUT2D eigenvalue weighted by atomic mass is 19.3. The summed E-state index contributed by atoms with van der Waals surface area (Å²) >= 11 is 0. The first-order valence-corrected chi connectivity index (χ1v) is 4.70. The summed E-state index contributed by atoms with van der Waals surface area (Å²) < 4.78 is 24.5. The van der Waals surface area contributed by atoms with Crippen LogP contribution in [-0.2, 0) is 0 Å². The van der Waals surface area contributed by atoms with E-state index in [1.165, 1.54) is 25.2 Å². The van der Waals surface area contributed by atoms with Crippen molar-refractivity contribution in [1.29, 1.82) is 0 Å². The average Bonchev–Trinajstić information content (AvgIpc) is 2.26. The second-order valence-corrected chi connectivity index (χ2v) is 3.35. The van der Waals surface area contributed by atoms with E-state index in [-0.39, 0.29) is 17.1 Å². The maximum Gasteiger partial charge on any atom is 0.316 e. The van der Waals surface area contributed by atoms with Gasteiger partial charge in [-0.15, -0.1) is 0 Å². The number of nitrogen functional groups attached to an aromatic ring is 1. The minimum atomic E-state index is -2.57. The molecule has 0 aliphatic carbocycles. The second kappa shape index (κ2) is 5.39. The van der Waals surface area contributed by atoms with Crippen LogP contribution in [0.25, 0.3) is 0 Å². The minimum absolute atomic E-state index is 0.0774. The topological polar surface area (TPSA) is 84.4 Å². The molecule has 3 N–H and O–H groups in total. The van der Waals surface area contributed by atoms with Crippen LogP contribution in [0.5, 0.6) is 0 Å². The quantitative estimate of drug-likeness (QED) is 0.468. The van der Waals surface area contributed by atoms with Gasteiger partial charge in [0.1, 0.15) is 11.4 Å². The Bertz CT molecular complexity index is 414. The maximum absolute atomic E-state index is 12.2. The normalized spacial score (nSPS) is 10.4. The average molecular weight is 246 g/mol. The van der Waals surface area contributed by atoms with Crippen molar-refractivity contribution in [2.45, 2.75) is 6.43 Å². The van der Waals surface area contributed by atoms with E-state index in [9.17, 15) is 18.9 Å². The number of nitrogens with two attached hydrogens (primary N) is 1. The Labute approximate surface area is 96.1 Å². The van der Waals surface area contributed by atoms with E-state index in [0.717, 1.165) is 4.90 Å². The largest absolute Gasteiger partial charge is 0.363 e. The van der Waals surface area contributed by atoms with E-state index >= 15 is 0 Å². The molecular formula is C9H12F2N4O2. The van der Waals surface area contributed by atoms with Gasteiger partial charge in [-0.05, 0) is 12.1 Å². The van der Waals surface area contributed by atoms with Crippen molar-refractivity contribution < 1.29 is 13.7 Å². The lowest BCUT2D eigenvalue weighted by Gasteiger charge is -2.19. The van der Waals surface area contributed by atoms with E-state index in [1.54, 1.807) is 0 Å². The highest BCUT2D eigenvalue weighted by Gasteiger charge is 2.23. The van der Waals surface area contributed by atoms with Crippen molar-refractivity contribution in [3.63, 3.8) is 0 Å². The molecule has 0 atom stereocenters. The summed E-state index contributed by atoms with van der Waals surface area (Å²) in [5.74, 6) is 5.14. The van der Waals surface area contributed by atoms with Crippen molar-refractivity contribution in [3.8, 4) is 0 Å². The number of para-hydroxylation sites is 1. The molecule has 0 spiro atoms. The van der Waals surface area contributed by atoms with Crippen LogP contribution in [0, 0.1) is 10.1 Å². The molecule has 0 bridgehead atoms. The predicted molar refractivity (Wildman–Crippen MR) is 60.2 cm³/mol. The van der Waals surface area contributed by atoms with Gasteiger partial charge in [-0.2, -0.15) is 0 Å². The molecule has 6 nitrogen and oxygen atoms in total. The molecule has 94 valence electrons. The van der Waals surface area contributed by atoms with Crippen LogP contribution in [-0.4, -0.2) is 24.9 Å². The molecular weight excluding hydrogens is 234 g/mol. The number of nitrogens with zero attached hydrogens (tertiary/aromatic N) is 2. The molecule has 0 aliphatic heterocycles. The number of anilines is 2. The van der Waals surface area contributed by atoms with Crippen molar-refractivity contribution in [2.24, 2.45) is 5.84 Å². The summed E-state index contributed by atoms with van der Waals surface area (Å²) in [5, 5.41) is 10.9. The smallest absolute Gasteiger partial charge is 0.316 e. The van der Waals surface area contributed by atoms with E-state index in [1.807, 2.05) is 0 Å². The zero-order chi connectivity index (χ0) is 13.0. The Morgan fingerprint density at radius 2 is 2.24 bits per heavy atom. The number of nitro benzene ring substituents is 1. The number of nitrogens with one attached hydrogen (secondary N) is 1. The third-order valence-corrected chi connectivity index (χ3v) is 2.18. The van der Waals surface area contributed by atoms with Gasteiger partial charge in [0.05, 0.1) is 11.5 Å². The van der Waals surface area contributed by atoms with Gasteiger partial charge < -0.3 is 10.3 Å². The molecule has 0 aromatic heterocycles. The molecule has 0 heterocycles. The van der Waals surface area contributed by atoms with E-state index < -0.39 is 17.9 Å². The number of halogens is 2. The molecule has 0 aliphatic rings. The van der Waals surface area contributed by atoms with Crippen LogP contribution >= 0.6 is 0 Å². The Kier molecular flexibility index (Phi) is 4.16. The summed E-state index contributed by atoms with van der Waals surface area (Å²) in [5.41, 5.74) is 2.01. The molecule has 0 saturated carbocycles. The first kappa shape index (κ1) is 13.1. The van der Waals surface area contributed by atoms with Crippen molar-refractivity contribution in [1.82, 2.24) is 0 Å². The molecule has 0 unspecified atom stereocenters. The predicted octanol–water partition coefficient (Wildman–Crippen LogP) is 1.58. The van der Waals surface area contributed by atoms with Crippen LogP contribution in [0.15, 0.2) is 18.2 Å². The third kappa shape index (κ3) is 3.00. The standard InChI is InChI=1S/C9H12F2N4O2/c1-14(5-8(10)11)7-4-2-3-6(13-12)9(7)15(16)17/h2-4,8,13H,5,12H2,1H3.